The first-order chi connectivity index (χ1) is 18.9. The second-order valence-electron chi connectivity index (χ2n) is 10.1. The van der Waals surface area contributed by atoms with Gasteiger partial charge in [-0.2, -0.15) is 0 Å². The number of pyridine rings is 1. The number of thiophene rings is 1. The summed E-state index contributed by atoms with van der Waals surface area (Å²) >= 11 is 1.51. The lowest BCUT2D eigenvalue weighted by Crippen LogP contribution is -2.48. The molecule has 2 amide bonds. The number of piperazine rings is 1. The van der Waals surface area contributed by atoms with Gasteiger partial charge in [0.2, 0.25) is 5.91 Å². The summed E-state index contributed by atoms with van der Waals surface area (Å²) in [5.41, 5.74) is 1.63. The maximum atomic E-state index is 13.8. The number of benzene rings is 1. The molecule has 0 saturated carbocycles. The topological polar surface area (TPSA) is 84.4 Å². The van der Waals surface area contributed by atoms with Gasteiger partial charge in [-0.25, -0.2) is 4.98 Å². The van der Waals surface area contributed by atoms with Crippen molar-refractivity contribution in [3.63, 3.8) is 0 Å². The molecule has 4 heterocycles. The molecule has 0 radical (unpaired) electrons. The van der Waals surface area contributed by atoms with Crippen LogP contribution in [0.4, 0.5) is 5.82 Å². The minimum absolute atomic E-state index is 0.00588. The third-order valence-corrected chi connectivity index (χ3v) is 8.46. The molecule has 0 bridgehead atoms. The van der Waals surface area contributed by atoms with Crippen LogP contribution in [-0.2, 0) is 16.1 Å². The summed E-state index contributed by atoms with van der Waals surface area (Å²) < 4.78 is 17.3. The molecule has 10 heteroatoms. The van der Waals surface area contributed by atoms with Crippen LogP contribution in [0.1, 0.15) is 39.9 Å². The van der Waals surface area contributed by atoms with E-state index in [1.54, 1.807) is 21.1 Å². The summed E-state index contributed by atoms with van der Waals surface area (Å²) in [5.74, 6) is 2.21. The molecule has 1 aromatic carbocycles. The summed E-state index contributed by atoms with van der Waals surface area (Å²) in [6, 6.07) is 9.70. The van der Waals surface area contributed by atoms with Gasteiger partial charge in [-0.05, 0) is 50.1 Å². The number of ether oxygens (including phenoxy) is 3. The minimum atomic E-state index is -0.00588. The molecular weight excluding hydrogens is 516 g/mol. The molecule has 2 fully saturated rings. The van der Waals surface area contributed by atoms with Crippen LogP contribution in [0.25, 0.3) is 10.9 Å². The van der Waals surface area contributed by atoms with E-state index in [-0.39, 0.29) is 17.9 Å². The maximum absolute atomic E-state index is 13.8. The highest BCUT2D eigenvalue weighted by atomic mass is 32.1. The average Bonchev–Trinajstić information content (AvgIpc) is 3.63. The lowest BCUT2D eigenvalue weighted by molar-refractivity contribution is -0.129. The van der Waals surface area contributed by atoms with Gasteiger partial charge in [-0.1, -0.05) is 0 Å². The SMILES string of the molecule is COc1ccc(OC)c2nc(N3CCN(C(C)=O)CC3)c(CN(CC3CCCO3)C(=O)c3ccc(C)s3)cc12. The average molecular weight is 553 g/mol. The van der Waals surface area contributed by atoms with E-state index in [0.717, 1.165) is 46.0 Å². The van der Waals surface area contributed by atoms with E-state index in [9.17, 15) is 9.59 Å². The van der Waals surface area contributed by atoms with Gasteiger partial charge in [0.05, 0.1) is 25.2 Å². The van der Waals surface area contributed by atoms with Gasteiger partial charge < -0.3 is 28.9 Å². The largest absolute Gasteiger partial charge is 0.496 e. The van der Waals surface area contributed by atoms with Gasteiger partial charge in [0, 0.05) is 68.6 Å². The van der Waals surface area contributed by atoms with E-state index in [1.165, 1.54) is 11.3 Å². The highest BCUT2D eigenvalue weighted by Gasteiger charge is 2.28. The van der Waals surface area contributed by atoms with Gasteiger partial charge >= 0.3 is 0 Å². The number of aromatic nitrogens is 1. The van der Waals surface area contributed by atoms with E-state index in [4.69, 9.17) is 19.2 Å². The van der Waals surface area contributed by atoms with Crippen molar-refractivity contribution in [1.82, 2.24) is 14.8 Å². The molecule has 0 aliphatic carbocycles. The summed E-state index contributed by atoms with van der Waals surface area (Å²) in [6.45, 7) is 7.79. The predicted octanol–water partition coefficient (Wildman–Crippen LogP) is 4.11. The third kappa shape index (κ3) is 5.81. The summed E-state index contributed by atoms with van der Waals surface area (Å²) in [7, 11) is 3.27. The van der Waals surface area contributed by atoms with Crippen molar-refractivity contribution in [3.8, 4) is 11.5 Å². The molecule has 1 atom stereocenters. The fourth-order valence-corrected chi connectivity index (χ4v) is 6.21. The number of aryl methyl sites for hydroxylation is 1. The Kier molecular flexibility index (Phi) is 8.23. The molecule has 2 saturated heterocycles. The lowest BCUT2D eigenvalue weighted by atomic mass is 10.1. The smallest absolute Gasteiger partial charge is 0.264 e. The number of hydrogen-bond donors (Lipinski definition) is 0. The summed E-state index contributed by atoms with van der Waals surface area (Å²) in [5, 5.41) is 0.828. The minimum Gasteiger partial charge on any atom is -0.496 e. The second-order valence-corrected chi connectivity index (χ2v) is 11.3. The molecule has 0 spiro atoms. The Balaban J connectivity index is 1.57. The monoisotopic (exact) mass is 552 g/mol. The van der Waals surface area contributed by atoms with Crippen molar-refractivity contribution in [1.29, 1.82) is 0 Å². The van der Waals surface area contributed by atoms with Gasteiger partial charge in [0.15, 0.2) is 0 Å². The Morgan fingerprint density at radius 2 is 1.85 bits per heavy atom. The molecule has 39 heavy (non-hydrogen) atoms. The van der Waals surface area contributed by atoms with Crippen LogP contribution in [0.2, 0.25) is 0 Å². The Labute approximate surface area is 233 Å². The van der Waals surface area contributed by atoms with Crippen LogP contribution >= 0.6 is 11.3 Å². The van der Waals surface area contributed by atoms with Crippen LogP contribution in [-0.4, -0.2) is 86.3 Å². The van der Waals surface area contributed by atoms with Crippen molar-refractivity contribution in [2.45, 2.75) is 39.3 Å². The Morgan fingerprint density at radius 1 is 1.10 bits per heavy atom. The van der Waals surface area contributed by atoms with Gasteiger partial charge in [0.1, 0.15) is 22.8 Å². The molecule has 3 aromatic rings. The van der Waals surface area contributed by atoms with Crippen molar-refractivity contribution in [3.05, 3.63) is 45.6 Å². The molecule has 1 unspecified atom stereocenters. The fraction of sp³-hybridized carbons (Fsp3) is 0.483. The standard InChI is InChI=1S/C29H36N4O5S/c1-19-7-10-26(39-19)29(35)33(18-22-6-5-15-38-22)17-21-16-23-24(36-3)8-9-25(37-4)27(23)30-28(21)32-13-11-31(12-14-32)20(2)34/h7-10,16,22H,5-6,11-15,17-18H2,1-4H3. The summed E-state index contributed by atoms with van der Waals surface area (Å²) in [4.78, 5) is 38.7. The van der Waals surface area contributed by atoms with Gasteiger partial charge in [-0.15, -0.1) is 11.3 Å². The van der Waals surface area contributed by atoms with Crippen LogP contribution in [0.15, 0.2) is 30.3 Å². The van der Waals surface area contributed by atoms with Crippen molar-refractivity contribution in [2.24, 2.45) is 0 Å². The molecule has 0 N–H and O–H groups in total. The maximum Gasteiger partial charge on any atom is 0.264 e. The number of hydrogen-bond acceptors (Lipinski definition) is 8. The number of fused-ring (bicyclic) bond motifs is 1. The number of carbonyl (C=O) groups excluding carboxylic acids is 2. The zero-order chi connectivity index (χ0) is 27.5. The number of anilines is 1. The van der Waals surface area contributed by atoms with Crippen molar-refractivity contribution >= 4 is 39.9 Å². The Bertz CT molecular complexity index is 1340. The van der Waals surface area contributed by atoms with Gasteiger partial charge in [0.25, 0.3) is 5.91 Å². The first kappa shape index (κ1) is 27.2. The molecular formula is C29H36N4O5S. The van der Waals surface area contributed by atoms with E-state index >= 15 is 0 Å². The molecule has 2 aliphatic rings. The van der Waals surface area contributed by atoms with E-state index in [0.29, 0.717) is 56.3 Å². The molecule has 2 aromatic heterocycles. The zero-order valence-electron chi connectivity index (χ0n) is 23.1. The van der Waals surface area contributed by atoms with E-state index in [2.05, 4.69) is 11.0 Å². The Hall–Kier alpha value is -3.37. The first-order valence-corrected chi connectivity index (χ1v) is 14.2. The van der Waals surface area contributed by atoms with Crippen LogP contribution in [0.3, 0.4) is 0 Å². The predicted molar refractivity (Wildman–Crippen MR) is 152 cm³/mol. The fourth-order valence-electron chi connectivity index (χ4n) is 5.37. The number of methoxy groups -OCH3 is 2. The lowest BCUT2D eigenvalue weighted by Gasteiger charge is -2.36. The Morgan fingerprint density at radius 3 is 2.46 bits per heavy atom. The zero-order valence-corrected chi connectivity index (χ0v) is 23.9. The molecule has 9 nitrogen and oxygen atoms in total. The number of carbonyl (C=O) groups is 2. The second kappa shape index (κ2) is 11.8. The number of amides is 2. The number of nitrogens with zero attached hydrogens (tertiary/aromatic N) is 4. The van der Waals surface area contributed by atoms with Crippen molar-refractivity contribution in [2.75, 3.05) is 58.5 Å². The van der Waals surface area contributed by atoms with E-state index < -0.39 is 0 Å². The van der Waals surface area contributed by atoms with Gasteiger partial charge in [-0.3, -0.25) is 9.59 Å². The van der Waals surface area contributed by atoms with Crippen LogP contribution in [0.5, 0.6) is 11.5 Å². The first-order valence-electron chi connectivity index (χ1n) is 13.4. The highest BCUT2D eigenvalue weighted by Crippen LogP contribution is 2.36. The molecule has 2 aliphatic heterocycles. The van der Waals surface area contributed by atoms with E-state index in [1.807, 2.05) is 41.0 Å². The molecule has 208 valence electrons. The van der Waals surface area contributed by atoms with Crippen molar-refractivity contribution < 1.29 is 23.8 Å². The third-order valence-electron chi connectivity index (χ3n) is 7.48. The molecule has 5 rings (SSSR count). The van der Waals surface area contributed by atoms with Crippen LogP contribution in [0, 0.1) is 6.92 Å². The summed E-state index contributed by atoms with van der Waals surface area (Å²) in [6.07, 6.45) is 1.96. The van der Waals surface area contributed by atoms with Crippen LogP contribution < -0.4 is 14.4 Å². The normalized spacial score (nSPS) is 17.5. The number of rotatable bonds is 8. The highest BCUT2D eigenvalue weighted by molar-refractivity contribution is 7.13. The quantitative estimate of drug-likeness (QED) is 0.416.